The molecule has 2 N–H and O–H groups in total. The van der Waals surface area contributed by atoms with Crippen molar-refractivity contribution in [2.24, 2.45) is 11.7 Å². The molecule has 1 atom stereocenters. The van der Waals surface area contributed by atoms with Gasteiger partial charge in [0.2, 0.25) is 0 Å². The van der Waals surface area contributed by atoms with Crippen LogP contribution in [0.3, 0.4) is 0 Å². The van der Waals surface area contributed by atoms with Crippen LogP contribution in [0.2, 0.25) is 0 Å². The largest absolute Gasteiger partial charge is 0.338 e. The Morgan fingerprint density at radius 2 is 2.24 bits per heavy atom. The third kappa shape index (κ3) is 2.44. The van der Waals surface area contributed by atoms with Gasteiger partial charge in [0.25, 0.3) is 5.91 Å². The number of hydrogen-bond acceptors (Lipinski definition) is 2. The quantitative estimate of drug-likeness (QED) is 0.849. The SMILES string of the molecule is NCC1CCN(C(=O)c2ccc(F)cc2F)C1. The van der Waals surface area contributed by atoms with Crippen LogP contribution in [-0.2, 0) is 0 Å². The van der Waals surface area contributed by atoms with Crippen molar-refractivity contribution >= 4 is 5.91 Å². The Kier molecular flexibility index (Phi) is 3.38. The van der Waals surface area contributed by atoms with Gasteiger partial charge in [0.15, 0.2) is 0 Å². The van der Waals surface area contributed by atoms with Gasteiger partial charge in [0.1, 0.15) is 11.6 Å². The Morgan fingerprint density at radius 1 is 1.47 bits per heavy atom. The lowest BCUT2D eigenvalue weighted by atomic mass is 10.1. The summed E-state index contributed by atoms with van der Waals surface area (Å²) in [5, 5.41) is 0. The van der Waals surface area contributed by atoms with Crippen molar-refractivity contribution < 1.29 is 13.6 Å². The Hall–Kier alpha value is -1.49. The van der Waals surface area contributed by atoms with Crippen LogP contribution >= 0.6 is 0 Å². The fraction of sp³-hybridized carbons (Fsp3) is 0.417. The summed E-state index contributed by atoms with van der Waals surface area (Å²) in [7, 11) is 0. The molecular formula is C12H14F2N2O. The second kappa shape index (κ2) is 4.79. The number of likely N-dealkylation sites (tertiary alicyclic amines) is 1. The lowest BCUT2D eigenvalue weighted by Gasteiger charge is -2.16. The molecule has 2 rings (SSSR count). The van der Waals surface area contributed by atoms with Crippen LogP contribution in [0.25, 0.3) is 0 Å². The molecule has 3 nitrogen and oxygen atoms in total. The molecule has 92 valence electrons. The molecule has 1 amide bonds. The Morgan fingerprint density at radius 3 is 2.82 bits per heavy atom. The number of halogens is 2. The van der Waals surface area contributed by atoms with E-state index in [0.29, 0.717) is 19.6 Å². The van der Waals surface area contributed by atoms with E-state index >= 15 is 0 Å². The van der Waals surface area contributed by atoms with E-state index in [0.717, 1.165) is 18.6 Å². The van der Waals surface area contributed by atoms with Crippen LogP contribution in [0.5, 0.6) is 0 Å². The van der Waals surface area contributed by atoms with Gasteiger partial charge in [-0.25, -0.2) is 8.78 Å². The fourth-order valence-electron chi connectivity index (χ4n) is 2.04. The van der Waals surface area contributed by atoms with E-state index in [4.69, 9.17) is 5.73 Å². The van der Waals surface area contributed by atoms with E-state index in [-0.39, 0.29) is 11.5 Å². The van der Waals surface area contributed by atoms with Crippen LogP contribution < -0.4 is 5.73 Å². The highest BCUT2D eigenvalue weighted by atomic mass is 19.1. The van der Waals surface area contributed by atoms with Crippen molar-refractivity contribution in [1.29, 1.82) is 0 Å². The number of benzene rings is 1. The third-order valence-corrected chi connectivity index (χ3v) is 3.07. The second-order valence-electron chi connectivity index (χ2n) is 4.27. The molecule has 1 aromatic rings. The highest BCUT2D eigenvalue weighted by Gasteiger charge is 2.27. The molecule has 1 unspecified atom stereocenters. The molecule has 5 heteroatoms. The summed E-state index contributed by atoms with van der Waals surface area (Å²) in [6, 6.07) is 3.00. The number of amides is 1. The molecule has 0 spiro atoms. The third-order valence-electron chi connectivity index (χ3n) is 3.07. The molecule has 1 aliphatic rings. The lowest BCUT2D eigenvalue weighted by molar-refractivity contribution is 0.0783. The van der Waals surface area contributed by atoms with Gasteiger partial charge in [-0.2, -0.15) is 0 Å². The highest BCUT2D eigenvalue weighted by Crippen LogP contribution is 2.19. The summed E-state index contributed by atoms with van der Waals surface area (Å²) in [6.07, 6.45) is 0.838. The summed E-state index contributed by atoms with van der Waals surface area (Å²) in [6.45, 7) is 1.65. The van der Waals surface area contributed by atoms with Gasteiger partial charge in [-0.15, -0.1) is 0 Å². The number of carbonyl (C=O) groups excluding carboxylic acids is 1. The van der Waals surface area contributed by atoms with Gasteiger partial charge in [-0.05, 0) is 31.0 Å². The summed E-state index contributed by atoms with van der Waals surface area (Å²) in [5.74, 6) is -1.60. The van der Waals surface area contributed by atoms with Gasteiger partial charge >= 0.3 is 0 Å². The molecule has 1 aliphatic heterocycles. The average Bonchev–Trinajstić information content (AvgIpc) is 2.76. The van der Waals surface area contributed by atoms with E-state index in [1.165, 1.54) is 6.07 Å². The van der Waals surface area contributed by atoms with Gasteiger partial charge in [-0.3, -0.25) is 4.79 Å². The summed E-state index contributed by atoms with van der Waals surface area (Å²) >= 11 is 0. The average molecular weight is 240 g/mol. The molecular weight excluding hydrogens is 226 g/mol. The number of nitrogens with two attached hydrogens (primary N) is 1. The number of nitrogens with zero attached hydrogens (tertiary/aromatic N) is 1. The van der Waals surface area contributed by atoms with Crippen LogP contribution in [0.1, 0.15) is 16.8 Å². The van der Waals surface area contributed by atoms with E-state index in [9.17, 15) is 13.6 Å². The van der Waals surface area contributed by atoms with E-state index in [1.807, 2.05) is 0 Å². The zero-order valence-corrected chi connectivity index (χ0v) is 9.33. The number of rotatable bonds is 2. The van der Waals surface area contributed by atoms with Gasteiger partial charge in [0, 0.05) is 19.2 Å². The fourth-order valence-corrected chi connectivity index (χ4v) is 2.04. The van der Waals surface area contributed by atoms with Crippen molar-refractivity contribution in [3.05, 3.63) is 35.4 Å². The van der Waals surface area contributed by atoms with Crippen molar-refractivity contribution in [2.75, 3.05) is 19.6 Å². The highest BCUT2D eigenvalue weighted by molar-refractivity contribution is 5.94. The van der Waals surface area contributed by atoms with Crippen LogP contribution in [-0.4, -0.2) is 30.4 Å². The first kappa shape index (κ1) is 12.0. The Labute approximate surface area is 98.2 Å². The second-order valence-corrected chi connectivity index (χ2v) is 4.27. The van der Waals surface area contributed by atoms with Gasteiger partial charge in [-0.1, -0.05) is 0 Å². The molecule has 0 aliphatic carbocycles. The first-order valence-electron chi connectivity index (χ1n) is 5.56. The standard InChI is InChI=1S/C12H14F2N2O/c13-9-1-2-10(11(14)5-9)12(17)16-4-3-8(6-15)7-16/h1-2,5,8H,3-4,6-7,15H2. The lowest BCUT2D eigenvalue weighted by Crippen LogP contribution is -2.30. The van der Waals surface area contributed by atoms with Crippen molar-refractivity contribution in [3.63, 3.8) is 0 Å². The molecule has 1 heterocycles. The van der Waals surface area contributed by atoms with Crippen LogP contribution in [0.4, 0.5) is 8.78 Å². The molecule has 17 heavy (non-hydrogen) atoms. The molecule has 0 radical (unpaired) electrons. The van der Waals surface area contributed by atoms with E-state index in [1.54, 1.807) is 4.90 Å². The maximum Gasteiger partial charge on any atom is 0.256 e. The summed E-state index contributed by atoms with van der Waals surface area (Å²) < 4.78 is 26.1. The monoisotopic (exact) mass is 240 g/mol. The van der Waals surface area contributed by atoms with Crippen molar-refractivity contribution in [1.82, 2.24) is 4.90 Å². The van der Waals surface area contributed by atoms with Crippen molar-refractivity contribution in [3.8, 4) is 0 Å². The summed E-state index contributed by atoms with van der Waals surface area (Å²) in [5.41, 5.74) is 5.44. The Bertz CT molecular complexity index is 437. The molecule has 1 fully saturated rings. The topological polar surface area (TPSA) is 46.3 Å². The molecule has 0 aromatic heterocycles. The zero-order chi connectivity index (χ0) is 12.4. The summed E-state index contributed by atoms with van der Waals surface area (Å²) in [4.78, 5) is 13.5. The molecule has 0 bridgehead atoms. The predicted octanol–water partition coefficient (Wildman–Crippen LogP) is 1.39. The minimum absolute atomic E-state index is 0.0796. The van der Waals surface area contributed by atoms with E-state index < -0.39 is 17.5 Å². The first-order chi connectivity index (χ1) is 8.11. The first-order valence-corrected chi connectivity index (χ1v) is 5.56. The maximum atomic E-state index is 13.4. The Balaban J connectivity index is 2.15. The molecule has 1 aromatic carbocycles. The van der Waals surface area contributed by atoms with Crippen LogP contribution in [0.15, 0.2) is 18.2 Å². The van der Waals surface area contributed by atoms with Gasteiger partial charge < -0.3 is 10.6 Å². The van der Waals surface area contributed by atoms with Gasteiger partial charge in [0.05, 0.1) is 5.56 Å². The minimum atomic E-state index is -0.814. The molecule has 0 saturated carbocycles. The molecule has 1 saturated heterocycles. The predicted molar refractivity (Wildman–Crippen MR) is 59.4 cm³/mol. The number of hydrogen-bond donors (Lipinski definition) is 1. The van der Waals surface area contributed by atoms with Crippen LogP contribution in [0, 0.1) is 17.6 Å². The normalized spacial score (nSPS) is 19.7. The van der Waals surface area contributed by atoms with Crippen molar-refractivity contribution in [2.45, 2.75) is 6.42 Å². The maximum absolute atomic E-state index is 13.4. The smallest absolute Gasteiger partial charge is 0.256 e. The minimum Gasteiger partial charge on any atom is -0.338 e. The zero-order valence-electron chi connectivity index (χ0n) is 9.33. The number of carbonyl (C=O) groups is 1. The van der Waals surface area contributed by atoms with E-state index in [2.05, 4.69) is 0 Å².